The van der Waals surface area contributed by atoms with Crippen LogP contribution in [0.15, 0.2) is 77.7 Å². The largest absolute Gasteiger partial charge is 0.416 e. The fourth-order valence-corrected chi connectivity index (χ4v) is 5.94. The monoisotopic (exact) mass is 617 g/mol. The van der Waals surface area contributed by atoms with Crippen molar-refractivity contribution in [3.8, 4) is 0 Å². The number of sulfonamides is 1. The number of carbonyl (C=O) groups is 2. The summed E-state index contributed by atoms with van der Waals surface area (Å²) in [5.41, 5.74) is 1.01. The number of hydrogen-bond donors (Lipinski definition) is 1. The third kappa shape index (κ3) is 8.37. The molecule has 0 spiro atoms. The third-order valence-corrected chi connectivity index (χ3v) is 9.13. The van der Waals surface area contributed by atoms with Crippen LogP contribution in [-0.4, -0.2) is 43.8 Å². The average molecular weight is 618 g/mol. The van der Waals surface area contributed by atoms with Crippen LogP contribution < -0.4 is 9.62 Å². The van der Waals surface area contributed by atoms with E-state index in [0.717, 1.165) is 28.8 Å². The molecule has 1 N–H and O–H groups in total. The van der Waals surface area contributed by atoms with Crippen LogP contribution in [0.25, 0.3) is 0 Å². The number of alkyl halides is 3. The summed E-state index contributed by atoms with van der Waals surface area (Å²) in [5.74, 6) is -1.13. The molecule has 3 rings (SSSR count). The number of halogens is 3. The van der Waals surface area contributed by atoms with Crippen LogP contribution in [0.1, 0.15) is 55.9 Å². The van der Waals surface area contributed by atoms with Gasteiger partial charge in [-0.25, -0.2) is 8.42 Å². The van der Waals surface area contributed by atoms with Crippen molar-refractivity contribution in [1.82, 2.24) is 10.2 Å². The van der Waals surface area contributed by atoms with Crippen LogP contribution in [0.4, 0.5) is 18.9 Å². The first-order chi connectivity index (χ1) is 20.2. The Morgan fingerprint density at radius 3 is 2.14 bits per heavy atom. The van der Waals surface area contributed by atoms with Gasteiger partial charge in [-0.15, -0.1) is 0 Å². The Kier molecular flexibility index (Phi) is 11.0. The Hall–Kier alpha value is -3.86. The van der Waals surface area contributed by atoms with E-state index in [2.05, 4.69) is 5.32 Å². The number of amides is 2. The van der Waals surface area contributed by atoms with Gasteiger partial charge >= 0.3 is 6.18 Å². The number of hydrogen-bond acceptors (Lipinski definition) is 4. The molecule has 0 fully saturated rings. The van der Waals surface area contributed by atoms with E-state index in [-0.39, 0.29) is 29.6 Å². The van der Waals surface area contributed by atoms with E-state index in [0.29, 0.717) is 16.8 Å². The van der Waals surface area contributed by atoms with Gasteiger partial charge in [0, 0.05) is 12.6 Å². The molecule has 3 aromatic rings. The van der Waals surface area contributed by atoms with Crippen LogP contribution in [0.2, 0.25) is 0 Å². The van der Waals surface area contributed by atoms with Crippen molar-refractivity contribution in [1.29, 1.82) is 0 Å². The number of aryl methyl sites for hydroxylation is 2. The first kappa shape index (κ1) is 33.6. The highest BCUT2D eigenvalue weighted by molar-refractivity contribution is 7.92. The SMILES string of the molecule is CC[C@H](C(=O)N[C@@H](C)CC)N(Cc1ccccc1C)C(=O)CN(c1cccc(C(F)(F)F)c1)S(=O)(=O)c1ccc(C)cc1. The lowest BCUT2D eigenvalue weighted by atomic mass is 10.1. The molecule has 0 saturated carbocycles. The predicted molar refractivity (Wildman–Crippen MR) is 161 cm³/mol. The highest BCUT2D eigenvalue weighted by Gasteiger charge is 2.36. The Morgan fingerprint density at radius 2 is 1.56 bits per heavy atom. The molecule has 0 saturated heterocycles. The van der Waals surface area contributed by atoms with Gasteiger partial charge in [0.05, 0.1) is 16.1 Å². The lowest BCUT2D eigenvalue weighted by Crippen LogP contribution is -2.53. The van der Waals surface area contributed by atoms with Gasteiger partial charge in [-0.1, -0.05) is 61.9 Å². The second-order valence-corrected chi connectivity index (χ2v) is 12.4. The van der Waals surface area contributed by atoms with E-state index in [9.17, 15) is 31.2 Å². The molecule has 3 aromatic carbocycles. The molecular weight excluding hydrogens is 579 g/mol. The average Bonchev–Trinajstić information content (AvgIpc) is 2.96. The van der Waals surface area contributed by atoms with E-state index in [4.69, 9.17) is 0 Å². The van der Waals surface area contributed by atoms with Gasteiger partial charge in [-0.3, -0.25) is 13.9 Å². The van der Waals surface area contributed by atoms with E-state index < -0.39 is 46.2 Å². The van der Waals surface area contributed by atoms with Crippen molar-refractivity contribution in [2.75, 3.05) is 10.8 Å². The van der Waals surface area contributed by atoms with Crippen LogP contribution in [0, 0.1) is 13.8 Å². The molecule has 2 amide bonds. The quantitative estimate of drug-likeness (QED) is 0.261. The molecular formula is C32H38F3N3O4S. The summed E-state index contributed by atoms with van der Waals surface area (Å²) in [6, 6.07) is 15.8. The van der Waals surface area contributed by atoms with Gasteiger partial charge in [0.1, 0.15) is 12.6 Å². The molecule has 0 bridgehead atoms. The zero-order valence-electron chi connectivity index (χ0n) is 25.0. The number of rotatable bonds is 12. The summed E-state index contributed by atoms with van der Waals surface area (Å²) in [6.45, 7) is 8.28. The van der Waals surface area contributed by atoms with E-state index in [1.165, 1.54) is 23.1 Å². The molecule has 0 aliphatic rings. The molecule has 2 atom stereocenters. The van der Waals surface area contributed by atoms with Gasteiger partial charge in [-0.05, 0) is 75.1 Å². The van der Waals surface area contributed by atoms with E-state index in [1.54, 1.807) is 32.0 Å². The summed E-state index contributed by atoms with van der Waals surface area (Å²) in [4.78, 5) is 28.6. The summed E-state index contributed by atoms with van der Waals surface area (Å²) >= 11 is 0. The van der Waals surface area contributed by atoms with Gasteiger partial charge < -0.3 is 10.2 Å². The van der Waals surface area contributed by atoms with Crippen molar-refractivity contribution in [3.05, 3.63) is 95.1 Å². The standard InChI is InChI=1S/C32H38F3N3O4S/c1-6-24(5)36-31(40)29(7-2)37(20-25-12-9-8-11-23(25)4)30(39)21-38(27-14-10-13-26(19-27)32(33,34)35)43(41,42)28-17-15-22(3)16-18-28/h8-19,24,29H,6-7,20-21H2,1-5H3,(H,36,40)/t24-,29+/m0/s1. The number of nitrogens with one attached hydrogen (secondary N) is 1. The minimum absolute atomic E-state index is 0.00104. The van der Waals surface area contributed by atoms with Gasteiger partial charge in [0.2, 0.25) is 11.8 Å². The van der Waals surface area contributed by atoms with Crippen LogP contribution in [0.5, 0.6) is 0 Å². The molecule has 7 nitrogen and oxygen atoms in total. The lowest BCUT2D eigenvalue weighted by molar-refractivity contribution is -0.140. The van der Waals surface area contributed by atoms with Crippen LogP contribution >= 0.6 is 0 Å². The molecule has 232 valence electrons. The smallest absolute Gasteiger partial charge is 0.352 e. The van der Waals surface area contributed by atoms with Crippen LogP contribution in [-0.2, 0) is 32.3 Å². The molecule has 43 heavy (non-hydrogen) atoms. The van der Waals surface area contributed by atoms with Crippen LogP contribution in [0.3, 0.4) is 0 Å². The normalized spacial score (nSPS) is 13.2. The first-order valence-electron chi connectivity index (χ1n) is 14.1. The van der Waals surface area contributed by atoms with Crippen molar-refractivity contribution < 1.29 is 31.2 Å². The van der Waals surface area contributed by atoms with Crippen molar-refractivity contribution >= 4 is 27.5 Å². The van der Waals surface area contributed by atoms with Crippen molar-refractivity contribution in [3.63, 3.8) is 0 Å². The van der Waals surface area contributed by atoms with Crippen molar-refractivity contribution in [2.24, 2.45) is 0 Å². The van der Waals surface area contributed by atoms with Gasteiger partial charge in [-0.2, -0.15) is 13.2 Å². The van der Waals surface area contributed by atoms with E-state index >= 15 is 0 Å². The Bertz CT molecular complexity index is 1530. The van der Waals surface area contributed by atoms with Gasteiger partial charge in [0.25, 0.3) is 10.0 Å². The number of nitrogens with zero attached hydrogens (tertiary/aromatic N) is 2. The van der Waals surface area contributed by atoms with E-state index in [1.807, 2.05) is 39.0 Å². The summed E-state index contributed by atoms with van der Waals surface area (Å²) in [6.07, 6.45) is -3.85. The summed E-state index contributed by atoms with van der Waals surface area (Å²) in [5, 5.41) is 2.90. The maximum atomic E-state index is 14.1. The van der Waals surface area contributed by atoms with Gasteiger partial charge in [0.15, 0.2) is 0 Å². The molecule has 0 aromatic heterocycles. The predicted octanol–water partition coefficient (Wildman–Crippen LogP) is 6.24. The molecule has 0 heterocycles. The summed E-state index contributed by atoms with van der Waals surface area (Å²) in [7, 11) is -4.50. The molecule has 0 aliphatic carbocycles. The molecule has 0 aliphatic heterocycles. The maximum absolute atomic E-state index is 14.1. The second kappa shape index (κ2) is 14.1. The Morgan fingerprint density at radius 1 is 0.907 bits per heavy atom. The highest BCUT2D eigenvalue weighted by Crippen LogP contribution is 2.33. The fraction of sp³-hybridized carbons (Fsp3) is 0.375. The number of carbonyl (C=O) groups excluding carboxylic acids is 2. The summed E-state index contributed by atoms with van der Waals surface area (Å²) < 4.78 is 69.5. The Labute approximate surface area is 251 Å². The third-order valence-electron chi connectivity index (χ3n) is 7.34. The lowest BCUT2D eigenvalue weighted by Gasteiger charge is -2.34. The Balaban J connectivity index is 2.13. The maximum Gasteiger partial charge on any atom is 0.416 e. The first-order valence-corrected chi connectivity index (χ1v) is 15.5. The molecule has 11 heteroatoms. The number of benzene rings is 3. The minimum atomic E-state index is -4.74. The molecule has 0 unspecified atom stereocenters. The zero-order valence-corrected chi connectivity index (χ0v) is 25.8. The fourth-order valence-electron chi connectivity index (χ4n) is 4.54. The molecule has 0 radical (unpaired) electrons. The zero-order chi connectivity index (χ0) is 31.9. The highest BCUT2D eigenvalue weighted by atomic mass is 32.2. The van der Waals surface area contributed by atoms with Crippen molar-refractivity contribution in [2.45, 2.75) is 77.2 Å². The second-order valence-electron chi connectivity index (χ2n) is 10.6. The minimum Gasteiger partial charge on any atom is -0.352 e. The topological polar surface area (TPSA) is 86.8 Å². The number of anilines is 1.